The van der Waals surface area contributed by atoms with Crippen molar-refractivity contribution >= 4 is 47.6 Å². The van der Waals surface area contributed by atoms with Crippen LogP contribution in [0.15, 0.2) is 4.99 Å². The van der Waals surface area contributed by atoms with Gasteiger partial charge < -0.3 is 19.9 Å². The molecule has 2 fully saturated rings. The van der Waals surface area contributed by atoms with Crippen LogP contribution in [0.1, 0.15) is 33.6 Å². The number of carbonyl (C=O) groups is 1. The highest BCUT2D eigenvalue weighted by Crippen LogP contribution is 2.21. The zero-order chi connectivity index (χ0) is 17.6. The molecule has 8 heteroatoms. The van der Waals surface area contributed by atoms with E-state index < -0.39 is 0 Å². The van der Waals surface area contributed by atoms with Crippen LogP contribution in [0.25, 0.3) is 0 Å². The first kappa shape index (κ1) is 22.8. The van der Waals surface area contributed by atoms with Gasteiger partial charge in [0.05, 0.1) is 6.54 Å². The van der Waals surface area contributed by atoms with E-state index in [9.17, 15) is 4.79 Å². The lowest BCUT2D eigenvalue weighted by Crippen LogP contribution is -2.55. The summed E-state index contributed by atoms with van der Waals surface area (Å²) in [7, 11) is 0. The largest absolute Gasteiger partial charge is 0.368 e. The number of nitrogens with zero attached hydrogens (tertiary/aromatic N) is 3. The minimum absolute atomic E-state index is 0. The number of rotatable bonds is 5. The topological polar surface area (TPSA) is 57.2 Å². The number of nitrogens with one attached hydrogen (secondary N) is 1. The zero-order valence-corrected chi connectivity index (χ0v) is 19.1. The molecule has 0 saturated carbocycles. The van der Waals surface area contributed by atoms with Gasteiger partial charge >= 0.3 is 0 Å². The van der Waals surface area contributed by atoms with Crippen molar-refractivity contribution in [1.82, 2.24) is 15.1 Å². The average molecular weight is 484 g/mol. The Bertz CT molecular complexity index is 448. The molecule has 2 aliphatic rings. The van der Waals surface area contributed by atoms with Crippen LogP contribution >= 0.6 is 35.7 Å². The molecule has 1 unspecified atom stereocenters. The molecule has 1 N–H and O–H groups in total. The van der Waals surface area contributed by atoms with Crippen LogP contribution in [-0.4, -0.2) is 84.6 Å². The number of hydrogen-bond acceptors (Lipinski definition) is 4. The van der Waals surface area contributed by atoms with Gasteiger partial charge in [0.1, 0.15) is 6.10 Å². The first-order valence-corrected chi connectivity index (χ1v) is 10.2. The second-order valence-electron chi connectivity index (χ2n) is 6.95. The molecule has 0 aromatic heterocycles. The van der Waals surface area contributed by atoms with Gasteiger partial charge in [-0.05, 0) is 39.9 Å². The van der Waals surface area contributed by atoms with E-state index in [0.717, 1.165) is 64.7 Å². The minimum atomic E-state index is -0.208. The highest BCUT2D eigenvalue weighted by atomic mass is 127. The zero-order valence-electron chi connectivity index (χ0n) is 15.9. The Labute approximate surface area is 173 Å². The highest BCUT2D eigenvalue weighted by Gasteiger charge is 2.31. The van der Waals surface area contributed by atoms with E-state index in [-0.39, 0.29) is 40.7 Å². The lowest BCUT2D eigenvalue weighted by molar-refractivity contribution is -0.142. The molecule has 2 heterocycles. The number of thioether (sulfide) groups is 1. The first-order valence-electron chi connectivity index (χ1n) is 8.95. The quantitative estimate of drug-likeness (QED) is 0.368. The summed E-state index contributed by atoms with van der Waals surface area (Å²) in [5.41, 5.74) is 0. The number of ether oxygens (including phenoxy) is 1. The van der Waals surface area contributed by atoms with Gasteiger partial charge in [0.15, 0.2) is 5.96 Å². The standard InChI is InChI=1S/C17H32N4O2S.HI/c1-5-18-16(19-13-17(2,3)24-4)21-10-8-20(9-11-21)15(22)14-7-6-12-23-14;/h14H,5-13H2,1-4H3,(H,18,19);1H. The smallest absolute Gasteiger partial charge is 0.251 e. The Morgan fingerprint density at radius 3 is 2.44 bits per heavy atom. The van der Waals surface area contributed by atoms with E-state index in [2.05, 4.69) is 37.2 Å². The van der Waals surface area contributed by atoms with E-state index in [4.69, 9.17) is 9.73 Å². The lowest BCUT2D eigenvalue weighted by Gasteiger charge is -2.37. The molecule has 1 atom stereocenters. The van der Waals surface area contributed by atoms with E-state index >= 15 is 0 Å². The van der Waals surface area contributed by atoms with Gasteiger partial charge in [-0.1, -0.05) is 0 Å². The lowest BCUT2D eigenvalue weighted by atomic mass is 10.2. The summed E-state index contributed by atoms with van der Waals surface area (Å²) in [5, 5.41) is 3.39. The van der Waals surface area contributed by atoms with Crippen molar-refractivity contribution in [2.75, 3.05) is 52.1 Å². The van der Waals surface area contributed by atoms with E-state index in [1.54, 1.807) is 0 Å². The van der Waals surface area contributed by atoms with Crippen LogP contribution in [0.4, 0.5) is 0 Å². The molecule has 2 rings (SSSR count). The molecule has 0 spiro atoms. The number of halogens is 1. The number of aliphatic imine (C=N–C) groups is 1. The molecule has 6 nitrogen and oxygen atoms in total. The van der Waals surface area contributed by atoms with Gasteiger partial charge in [-0.2, -0.15) is 11.8 Å². The summed E-state index contributed by atoms with van der Waals surface area (Å²) in [5.74, 6) is 1.13. The fraction of sp³-hybridized carbons (Fsp3) is 0.882. The molecule has 0 aromatic carbocycles. The molecule has 1 amide bonds. The third kappa shape index (κ3) is 6.78. The third-order valence-corrected chi connectivity index (χ3v) is 5.83. The van der Waals surface area contributed by atoms with Gasteiger partial charge in [-0.3, -0.25) is 9.79 Å². The number of hydrogen-bond donors (Lipinski definition) is 1. The van der Waals surface area contributed by atoms with Crippen LogP contribution in [0.2, 0.25) is 0 Å². The van der Waals surface area contributed by atoms with Crippen molar-refractivity contribution < 1.29 is 9.53 Å². The van der Waals surface area contributed by atoms with Gasteiger partial charge in [-0.25, -0.2) is 0 Å². The molecular formula is C17H33IN4O2S. The van der Waals surface area contributed by atoms with Crippen LogP contribution in [0, 0.1) is 0 Å². The number of carbonyl (C=O) groups excluding carboxylic acids is 1. The van der Waals surface area contributed by atoms with Crippen molar-refractivity contribution in [3.05, 3.63) is 0 Å². The molecule has 0 aromatic rings. The molecule has 146 valence electrons. The number of piperazine rings is 1. The Morgan fingerprint density at radius 1 is 1.28 bits per heavy atom. The third-order valence-electron chi connectivity index (χ3n) is 4.59. The Morgan fingerprint density at radius 2 is 1.92 bits per heavy atom. The average Bonchev–Trinajstić information content (AvgIpc) is 3.13. The summed E-state index contributed by atoms with van der Waals surface area (Å²) in [6.45, 7) is 12.0. The van der Waals surface area contributed by atoms with Crippen molar-refractivity contribution in [2.24, 2.45) is 4.99 Å². The summed E-state index contributed by atoms with van der Waals surface area (Å²) < 4.78 is 5.66. The van der Waals surface area contributed by atoms with E-state index in [1.165, 1.54) is 0 Å². The summed E-state index contributed by atoms with van der Waals surface area (Å²) in [4.78, 5) is 21.5. The van der Waals surface area contributed by atoms with Crippen LogP contribution in [0.5, 0.6) is 0 Å². The second kappa shape index (κ2) is 10.8. The molecule has 2 saturated heterocycles. The minimum Gasteiger partial charge on any atom is -0.368 e. The van der Waals surface area contributed by atoms with Crippen molar-refractivity contribution in [1.29, 1.82) is 0 Å². The van der Waals surface area contributed by atoms with Crippen molar-refractivity contribution in [3.63, 3.8) is 0 Å². The molecule has 0 radical (unpaired) electrons. The first-order chi connectivity index (χ1) is 11.5. The van der Waals surface area contributed by atoms with Gasteiger partial charge in [-0.15, -0.1) is 24.0 Å². The molecule has 25 heavy (non-hydrogen) atoms. The normalized spacial score (nSPS) is 21.9. The molecule has 0 bridgehead atoms. The number of amides is 1. The summed E-state index contributed by atoms with van der Waals surface area (Å²) >= 11 is 1.83. The van der Waals surface area contributed by atoms with Crippen molar-refractivity contribution in [2.45, 2.75) is 44.5 Å². The molecular weight excluding hydrogens is 451 g/mol. The highest BCUT2D eigenvalue weighted by molar-refractivity contribution is 14.0. The Kier molecular flexibility index (Phi) is 9.87. The van der Waals surface area contributed by atoms with E-state index in [0.29, 0.717) is 0 Å². The summed E-state index contributed by atoms with van der Waals surface area (Å²) in [6, 6.07) is 0. The Balaban J connectivity index is 0.00000312. The summed E-state index contributed by atoms with van der Waals surface area (Å²) in [6.07, 6.45) is 3.78. The van der Waals surface area contributed by atoms with Crippen LogP contribution < -0.4 is 5.32 Å². The maximum Gasteiger partial charge on any atom is 0.251 e. The second-order valence-corrected chi connectivity index (χ2v) is 8.46. The number of guanidine groups is 1. The van der Waals surface area contributed by atoms with E-state index in [1.807, 2.05) is 16.7 Å². The van der Waals surface area contributed by atoms with Crippen LogP contribution in [0.3, 0.4) is 0 Å². The fourth-order valence-electron chi connectivity index (χ4n) is 2.87. The molecule has 2 aliphatic heterocycles. The van der Waals surface area contributed by atoms with Gasteiger partial charge in [0.25, 0.3) is 5.91 Å². The SMILES string of the molecule is CCNC(=NCC(C)(C)SC)N1CCN(C(=O)C2CCCO2)CC1.I. The monoisotopic (exact) mass is 484 g/mol. The maximum atomic E-state index is 12.4. The fourth-order valence-corrected chi connectivity index (χ4v) is 3.06. The molecule has 0 aliphatic carbocycles. The van der Waals surface area contributed by atoms with Gasteiger partial charge in [0, 0.05) is 44.1 Å². The van der Waals surface area contributed by atoms with Gasteiger partial charge in [0.2, 0.25) is 0 Å². The Hall–Kier alpha value is -0.220. The predicted molar refractivity (Wildman–Crippen MR) is 116 cm³/mol. The van der Waals surface area contributed by atoms with Crippen LogP contribution in [-0.2, 0) is 9.53 Å². The van der Waals surface area contributed by atoms with Crippen molar-refractivity contribution in [3.8, 4) is 0 Å². The maximum absolute atomic E-state index is 12.4. The predicted octanol–water partition coefficient (Wildman–Crippen LogP) is 2.03.